The van der Waals surface area contributed by atoms with Crippen molar-refractivity contribution in [3.63, 3.8) is 0 Å². The summed E-state index contributed by atoms with van der Waals surface area (Å²) in [4.78, 5) is 21.4. The number of pyridine rings is 1. The standard InChI is InChI=1S/C25H21ClN6O3S2/c1-13-4-5-14(2)23(6-13)37(34,35)32-21-9-17(10-27-24(21)26)16-7-19(18-11-28-31-20(18)8-16)30-25(33)22-12-36-15(3)29-22/h4-12,32H,1-3H3,(H,28,31)(H,30,33). The van der Waals surface area contributed by atoms with Crippen molar-refractivity contribution in [2.75, 3.05) is 10.0 Å². The summed E-state index contributed by atoms with van der Waals surface area (Å²) in [6.45, 7) is 5.38. The van der Waals surface area contributed by atoms with Crippen LogP contribution in [0.5, 0.6) is 0 Å². The summed E-state index contributed by atoms with van der Waals surface area (Å²) >= 11 is 7.67. The van der Waals surface area contributed by atoms with Gasteiger partial charge in [-0.3, -0.25) is 14.6 Å². The summed E-state index contributed by atoms with van der Waals surface area (Å²) < 4.78 is 28.9. The predicted octanol–water partition coefficient (Wildman–Crippen LogP) is 5.71. The maximum atomic E-state index is 13.2. The molecule has 0 saturated carbocycles. The average molecular weight is 553 g/mol. The highest BCUT2D eigenvalue weighted by Crippen LogP contribution is 2.34. The molecule has 0 aliphatic carbocycles. The number of hydrogen-bond acceptors (Lipinski definition) is 7. The number of carbonyl (C=O) groups excluding carboxylic acids is 1. The van der Waals surface area contributed by atoms with Gasteiger partial charge in [0, 0.05) is 22.5 Å². The topological polar surface area (TPSA) is 130 Å². The summed E-state index contributed by atoms with van der Waals surface area (Å²) in [5.41, 5.74) is 4.32. The summed E-state index contributed by atoms with van der Waals surface area (Å²) in [5.74, 6) is -0.347. The van der Waals surface area contributed by atoms with Crippen molar-refractivity contribution in [3.05, 3.63) is 81.2 Å². The Kier molecular flexibility index (Phi) is 6.44. The second-order valence-corrected chi connectivity index (χ2v) is 11.6. The van der Waals surface area contributed by atoms with E-state index in [1.807, 2.05) is 26.0 Å². The van der Waals surface area contributed by atoms with Crippen LogP contribution in [-0.4, -0.2) is 34.5 Å². The van der Waals surface area contributed by atoms with E-state index in [0.29, 0.717) is 39.0 Å². The van der Waals surface area contributed by atoms with E-state index >= 15 is 0 Å². The molecule has 5 aromatic rings. The first-order chi connectivity index (χ1) is 17.6. The molecule has 2 aromatic carbocycles. The van der Waals surface area contributed by atoms with E-state index in [0.717, 1.165) is 10.6 Å². The van der Waals surface area contributed by atoms with Gasteiger partial charge in [0.2, 0.25) is 0 Å². The molecule has 0 radical (unpaired) electrons. The summed E-state index contributed by atoms with van der Waals surface area (Å²) in [6, 6.07) is 10.4. The molecule has 0 aliphatic rings. The normalized spacial score (nSPS) is 11.6. The van der Waals surface area contributed by atoms with Crippen molar-refractivity contribution in [3.8, 4) is 11.1 Å². The van der Waals surface area contributed by atoms with Gasteiger partial charge in [-0.25, -0.2) is 18.4 Å². The fourth-order valence-electron chi connectivity index (χ4n) is 3.85. The molecule has 0 unspecified atom stereocenters. The Morgan fingerprint density at radius 3 is 2.57 bits per heavy atom. The van der Waals surface area contributed by atoms with Crippen molar-refractivity contribution < 1.29 is 13.2 Å². The quantitative estimate of drug-likeness (QED) is 0.231. The average Bonchev–Trinajstić information content (AvgIpc) is 3.51. The number of nitrogens with one attached hydrogen (secondary N) is 3. The maximum absolute atomic E-state index is 13.2. The van der Waals surface area contributed by atoms with Gasteiger partial charge in [0.25, 0.3) is 15.9 Å². The second kappa shape index (κ2) is 9.58. The van der Waals surface area contributed by atoms with Gasteiger partial charge in [0.05, 0.1) is 33.0 Å². The molecule has 1 amide bonds. The molecule has 37 heavy (non-hydrogen) atoms. The van der Waals surface area contributed by atoms with E-state index in [-0.39, 0.29) is 21.6 Å². The number of aromatic amines is 1. The van der Waals surface area contributed by atoms with Crippen LogP contribution in [0.1, 0.15) is 26.6 Å². The number of halogens is 1. The van der Waals surface area contributed by atoms with Crippen molar-refractivity contribution in [1.82, 2.24) is 20.2 Å². The minimum atomic E-state index is -3.92. The molecular formula is C25H21ClN6O3S2. The Labute approximate surface area is 222 Å². The molecular weight excluding hydrogens is 532 g/mol. The number of hydrogen-bond donors (Lipinski definition) is 3. The van der Waals surface area contributed by atoms with Crippen LogP contribution in [0.15, 0.2) is 59.1 Å². The highest BCUT2D eigenvalue weighted by atomic mass is 35.5. The number of aryl methyl sites for hydroxylation is 3. The minimum absolute atomic E-state index is 0.00711. The van der Waals surface area contributed by atoms with E-state index in [1.165, 1.54) is 17.5 Å². The molecule has 0 fully saturated rings. The van der Waals surface area contributed by atoms with Crippen LogP contribution >= 0.6 is 22.9 Å². The lowest BCUT2D eigenvalue weighted by atomic mass is 10.0. The maximum Gasteiger partial charge on any atom is 0.275 e. The Morgan fingerprint density at radius 2 is 1.81 bits per heavy atom. The molecule has 0 saturated heterocycles. The van der Waals surface area contributed by atoms with Crippen LogP contribution in [0, 0.1) is 20.8 Å². The molecule has 0 aliphatic heterocycles. The highest BCUT2D eigenvalue weighted by Gasteiger charge is 2.20. The zero-order valence-corrected chi connectivity index (χ0v) is 22.3. The van der Waals surface area contributed by atoms with Gasteiger partial charge < -0.3 is 5.32 Å². The van der Waals surface area contributed by atoms with Crippen molar-refractivity contribution in [1.29, 1.82) is 0 Å². The van der Waals surface area contributed by atoms with E-state index in [4.69, 9.17) is 11.6 Å². The van der Waals surface area contributed by atoms with Gasteiger partial charge in [-0.15, -0.1) is 11.3 Å². The number of amides is 1. The lowest BCUT2D eigenvalue weighted by Crippen LogP contribution is -2.15. The predicted molar refractivity (Wildman–Crippen MR) is 146 cm³/mol. The Morgan fingerprint density at radius 1 is 1.03 bits per heavy atom. The minimum Gasteiger partial charge on any atom is -0.320 e. The van der Waals surface area contributed by atoms with Gasteiger partial charge in [0.15, 0.2) is 5.15 Å². The number of aromatic nitrogens is 4. The number of fused-ring (bicyclic) bond motifs is 1. The molecule has 188 valence electrons. The van der Waals surface area contributed by atoms with E-state index in [2.05, 4.69) is 30.2 Å². The smallest absolute Gasteiger partial charge is 0.275 e. The molecule has 0 atom stereocenters. The third-order valence-corrected chi connectivity index (χ3v) is 8.29. The van der Waals surface area contributed by atoms with Gasteiger partial charge in [-0.1, -0.05) is 23.7 Å². The van der Waals surface area contributed by atoms with Crippen LogP contribution in [0.3, 0.4) is 0 Å². The molecule has 3 aromatic heterocycles. The molecule has 0 bridgehead atoms. The van der Waals surface area contributed by atoms with E-state index in [9.17, 15) is 13.2 Å². The first-order valence-electron chi connectivity index (χ1n) is 11.1. The highest BCUT2D eigenvalue weighted by molar-refractivity contribution is 7.92. The third kappa shape index (κ3) is 5.06. The number of anilines is 2. The lowest BCUT2D eigenvalue weighted by Gasteiger charge is -2.14. The van der Waals surface area contributed by atoms with E-state index in [1.54, 1.807) is 42.8 Å². The Hall–Kier alpha value is -3.80. The summed E-state index contributed by atoms with van der Waals surface area (Å²) in [5, 5.41) is 13.1. The monoisotopic (exact) mass is 552 g/mol. The largest absolute Gasteiger partial charge is 0.320 e. The number of H-pyrrole nitrogens is 1. The van der Waals surface area contributed by atoms with Crippen LogP contribution in [0.4, 0.5) is 11.4 Å². The number of rotatable bonds is 6. The first-order valence-corrected chi connectivity index (χ1v) is 13.8. The molecule has 12 heteroatoms. The summed E-state index contributed by atoms with van der Waals surface area (Å²) in [6.07, 6.45) is 3.15. The van der Waals surface area contributed by atoms with Crippen LogP contribution in [0.25, 0.3) is 22.0 Å². The van der Waals surface area contributed by atoms with Crippen LogP contribution in [-0.2, 0) is 10.0 Å². The van der Waals surface area contributed by atoms with Crippen molar-refractivity contribution in [2.24, 2.45) is 0 Å². The van der Waals surface area contributed by atoms with Gasteiger partial charge in [-0.2, -0.15) is 5.10 Å². The number of benzene rings is 2. The molecule has 9 nitrogen and oxygen atoms in total. The molecule has 3 N–H and O–H groups in total. The van der Waals surface area contributed by atoms with Gasteiger partial charge in [-0.05, 0) is 61.7 Å². The first kappa shape index (κ1) is 24.9. The lowest BCUT2D eigenvalue weighted by molar-refractivity contribution is 0.102. The van der Waals surface area contributed by atoms with Crippen molar-refractivity contribution >= 4 is 61.1 Å². The number of nitrogens with zero attached hydrogens (tertiary/aromatic N) is 3. The second-order valence-electron chi connectivity index (χ2n) is 8.50. The number of thiazole rings is 1. The van der Waals surface area contributed by atoms with E-state index < -0.39 is 10.0 Å². The van der Waals surface area contributed by atoms with Crippen LogP contribution < -0.4 is 10.0 Å². The zero-order valence-electron chi connectivity index (χ0n) is 20.0. The third-order valence-electron chi connectivity index (χ3n) is 5.71. The Balaban J connectivity index is 1.52. The zero-order chi connectivity index (χ0) is 26.3. The van der Waals surface area contributed by atoms with Gasteiger partial charge >= 0.3 is 0 Å². The molecule has 0 spiro atoms. The van der Waals surface area contributed by atoms with Gasteiger partial charge in [0.1, 0.15) is 5.69 Å². The fraction of sp³-hybridized carbons (Fsp3) is 0.120. The summed E-state index contributed by atoms with van der Waals surface area (Å²) in [7, 11) is -3.92. The number of carbonyl (C=O) groups is 1. The Bertz CT molecular complexity index is 1780. The molecule has 5 rings (SSSR count). The SMILES string of the molecule is Cc1ccc(C)c(S(=O)(=O)Nc2cc(-c3cc(NC(=O)c4csc(C)n4)c4cn[nH]c4c3)cnc2Cl)c1. The molecule has 3 heterocycles. The fourth-order valence-corrected chi connectivity index (χ4v) is 6.04. The van der Waals surface area contributed by atoms with Crippen LogP contribution in [0.2, 0.25) is 5.15 Å². The van der Waals surface area contributed by atoms with Crippen molar-refractivity contribution in [2.45, 2.75) is 25.7 Å². The number of sulfonamides is 1.